The number of alkyl halides is 2. The Hall–Kier alpha value is -2.19. The Balaban J connectivity index is 1.51. The van der Waals surface area contributed by atoms with Crippen molar-refractivity contribution in [1.29, 1.82) is 0 Å². The van der Waals surface area contributed by atoms with Crippen molar-refractivity contribution < 1.29 is 0 Å². The maximum absolute atomic E-state index is 6.32. The zero-order chi connectivity index (χ0) is 20.8. The molecule has 2 N–H and O–H groups in total. The first-order valence-electron chi connectivity index (χ1n) is 10.0. The van der Waals surface area contributed by atoms with E-state index < -0.39 is 0 Å². The summed E-state index contributed by atoms with van der Waals surface area (Å²) >= 11 is 8.71. The number of anilines is 2. The fraction of sp³-hybridized carbons (Fsp3) is 0.261. The molecule has 4 rings (SSSR count). The quantitative estimate of drug-likeness (QED) is 0.222. The summed E-state index contributed by atoms with van der Waals surface area (Å²) in [5.74, 6) is 2.52. The third-order valence-electron chi connectivity index (χ3n) is 4.92. The van der Waals surface area contributed by atoms with Crippen LogP contribution in [0, 0.1) is 0 Å². The standard InChI is InChI=1S/C23H23ClIN5/c24-17-9-10-18(16(14-17)15-25)23-29-20-7-2-1-6-19(20)22(30-23)28-13-5-12-27-21-8-3-4-11-26-21/h1-4,6-11,17H,5,12-15H2,(H,26,27)(H,28,29,30). The molecule has 1 aromatic carbocycles. The van der Waals surface area contributed by atoms with Crippen LogP contribution in [-0.2, 0) is 0 Å². The second kappa shape index (κ2) is 10.2. The van der Waals surface area contributed by atoms with E-state index in [1.807, 2.05) is 42.5 Å². The van der Waals surface area contributed by atoms with E-state index in [1.54, 1.807) is 6.20 Å². The molecule has 0 fully saturated rings. The summed E-state index contributed by atoms with van der Waals surface area (Å²) in [6.07, 6.45) is 7.68. The molecule has 2 aromatic heterocycles. The maximum Gasteiger partial charge on any atom is 0.162 e. The number of nitrogens with zero attached hydrogens (tertiary/aromatic N) is 3. The molecule has 0 bridgehead atoms. The largest absolute Gasteiger partial charge is 0.370 e. The summed E-state index contributed by atoms with van der Waals surface area (Å²) in [5.41, 5.74) is 3.32. The van der Waals surface area contributed by atoms with E-state index in [9.17, 15) is 0 Å². The van der Waals surface area contributed by atoms with Crippen LogP contribution in [-0.4, -0.2) is 37.8 Å². The number of pyridine rings is 1. The van der Waals surface area contributed by atoms with Gasteiger partial charge in [0.1, 0.15) is 11.6 Å². The molecule has 30 heavy (non-hydrogen) atoms. The van der Waals surface area contributed by atoms with E-state index in [-0.39, 0.29) is 5.38 Å². The molecule has 0 amide bonds. The summed E-state index contributed by atoms with van der Waals surface area (Å²) in [6, 6.07) is 14.0. The van der Waals surface area contributed by atoms with Crippen LogP contribution >= 0.6 is 34.2 Å². The number of halogens is 2. The predicted octanol–water partition coefficient (Wildman–Crippen LogP) is 5.69. The van der Waals surface area contributed by atoms with Gasteiger partial charge in [-0.1, -0.05) is 52.9 Å². The van der Waals surface area contributed by atoms with Crippen LogP contribution in [0.1, 0.15) is 18.7 Å². The van der Waals surface area contributed by atoms with Gasteiger partial charge in [0.05, 0.1) is 10.9 Å². The Bertz CT molecular complexity index is 1070. The highest BCUT2D eigenvalue weighted by atomic mass is 127. The van der Waals surface area contributed by atoms with Crippen molar-refractivity contribution in [3.8, 4) is 0 Å². The van der Waals surface area contributed by atoms with Gasteiger partial charge in [0.15, 0.2) is 5.82 Å². The van der Waals surface area contributed by atoms with E-state index in [0.29, 0.717) is 0 Å². The summed E-state index contributed by atoms with van der Waals surface area (Å²) in [4.78, 5) is 14.0. The zero-order valence-electron chi connectivity index (χ0n) is 16.5. The number of nitrogens with one attached hydrogen (secondary N) is 2. The molecular weight excluding hydrogens is 509 g/mol. The van der Waals surface area contributed by atoms with Crippen molar-refractivity contribution in [1.82, 2.24) is 15.0 Å². The molecule has 2 heterocycles. The Morgan fingerprint density at radius 1 is 1.03 bits per heavy atom. The van der Waals surface area contributed by atoms with Crippen LogP contribution in [0.4, 0.5) is 11.6 Å². The summed E-state index contributed by atoms with van der Waals surface area (Å²) in [7, 11) is 0. The Labute approximate surface area is 195 Å². The highest BCUT2D eigenvalue weighted by Gasteiger charge is 2.18. The third-order valence-corrected chi connectivity index (χ3v) is 6.14. The van der Waals surface area contributed by atoms with Crippen LogP contribution in [0.15, 0.2) is 66.4 Å². The van der Waals surface area contributed by atoms with Crippen molar-refractivity contribution >= 4 is 62.3 Å². The van der Waals surface area contributed by atoms with Gasteiger partial charge >= 0.3 is 0 Å². The number of benzene rings is 1. The summed E-state index contributed by atoms with van der Waals surface area (Å²) in [5, 5.41) is 7.92. The second-order valence-electron chi connectivity index (χ2n) is 7.07. The number of allylic oxidation sites excluding steroid dienone is 4. The molecule has 1 atom stereocenters. The van der Waals surface area contributed by atoms with Gasteiger partial charge in [0.25, 0.3) is 0 Å². The van der Waals surface area contributed by atoms with Gasteiger partial charge in [-0.15, -0.1) is 11.6 Å². The van der Waals surface area contributed by atoms with E-state index in [1.165, 1.54) is 5.57 Å². The monoisotopic (exact) mass is 531 g/mol. The molecule has 0 radical (unpaired) electrons. The van der Waals surface area contributed by atoms with Gasteiger partial charge in [0, 0.05) is 34.7 Å². The highest BCUT2D eigenvalue weighted by molar-refractivity contribution is 14.1. The van der Waals surface area contributed by atoms with Crippen LogP contribution in [0.3, 0.4) is 0 Å². The minimum absolute atomic E-state index is 0.0446. The molecule has 0 spiro atoms. The van der Waals surface area contributed by atoms with Gasteiger partial charge in [-0.05, 0) is 42.7 Å². The number of hydrogen-bond acceptors (Lipinski definition) is 5. The molecule has 1 aliphatic carbocycles. The van der Waals surface area contributed by atoms with Crippen LogP contribution in [0.25, 0.3) is 16.5 Å². The molecule has 1 unspecified atom stereocenters. The van der Waals surface area contributed by atoms with Crippen LogP contribution in [0.2, 0.25) is 0 Å². The average Bonchev–Trinajstić information content (AvgIpc) is 2.79. The molecule has 3 aromatic rings. The lowest BCUT2D eigenvalue weighted by Gasteiger charge is -2.18. The molecule has 0 aliphatic heterocycles. The number of rotatable bonds is 8. The van der Waals surface area contributed by atoms with Crippen molar-refractivity contribution in [2.24, 2.45) is 0 Å². The Kier molecular flexibility index (Phi) is 7.17. The van der Waals surface area contributed by atoms with Gasteiger partial charge < -0.3 is 10.6 Å². The fourth-order valence-electron chi connectivity index (χ4n) is 3.40. The lowest BCUT2D eigenvalue weighted by Crippen LogP contribution is -2.12. The summed E-state index contributed by atoms with van der Waals surface area (Å²) < 4.78 is 0.915. The van der Waals surface area contributed by atoms with Gasteiger partial charge in [-0.25, -0.2) is 15.0 Å². The molecular formula is C23H23ClIN5. The second-order valence-corrected chi connectivity index (χ2v) is 8.39. The predicted molar refractivity (Wildman–Crippen MR) is 135 cm³/mol. The SMILES string of the molecule is ClC1C=CC(c2nc(NCCCNc3ccccn3)c3ccccc3n2)=C(CI)C1. The molecule has 1 aliphatic rings. The topological polar surface area (TPSA) is 62.7 Å². The first-order chi connectivity index (χ1) is 14.7. The van der Waals surface area contributed by atoms with Crippen LogP contribution in [0.5, 0.6) is 0 Å². The van der Waals surface area contributed by atoms with E-state index >= 15 is 0 Å². The minimum Gasteiger partial charge on any atom is -0.370 e. The summed E-state index contributed by atoms with van der Waals surface area (Å²) in [6.45, 7) is 1.64. The molecule has 0 saturated carbocycles. The number of para-hydroxylation sites is 1. The molecule has 7 heteroatoms. The first kappa shape index (κ1) is 21.1. The molecule has 5 nitrogen and oxygen atoms in total. The lowest BCUT2D eigenvalue weighted by molar-refractivity contribution is 0.898. The van der Waals surface area contributed by atoms with Crippen molar-refractivity contribution in [3.63, 3.8) is 0 Å². The first-order valence-corrected chi connectivity index (χ1v) is 12.0. The Morgan fingerprint density at radius 2 is 1.87 bits per heavy atom. The van der Waals surface area contributed by atoms with Crippen LogP contribution < -0.4 is 10.6 Å². The fourth-order valence-corrected chi connectivity index (χ4v) is 4.38. The number of hydrogen-bond donors (Lipinski definition) is 2. The molecule has 0 saturated heterocycles. The normalized spacial score (nSPS) is 16.1. The lowest BCUT2D eigenvalue weighted by atomic mass is 9.98. The van der Waals surface area contributed by atoms with Gasteiger partial charge in [0.2, 0.25) is 0 Å². The minimum atomic E-state index is 0.0446. The third kappa shape index (κ3) is 5.10. The van der Waals surface area contributed by atoms with E-state index in [4.69, 9.17) is 21.6 Å². The number of fused-ring (bicyclic) bond motifs is 1. The maximum atomic E-state index is 6.32. The zero-order valence-corrected chi connectivity index (χ0v) is 19.4. The average molecular weight is 532 g/mol. The number of aromatic nitrogens is 3. The van der Waals surface area contributed by atoms with Crippen molar-refractivity contribution in [2.45, 2.75) is 18.2 Å². The van der Waals surface area contributed by atoms with Crippen molar-refractivity contribution in [3.05, 3.63) is 72.2 Å². The Morgan fingerprint density at radius 3 is 2.70 bits per heavy atom. The molecule has 154 valence electrons. The van der Waals surface area contributed by atoms with Gasteiger partial charge in [-0.2, -0.15) is 0 Å². The van der Waals surface area contributed by atoms with E-state index in [2.05, 4.69) is 50.4 Å². The van der Waals surface area contributed by atoms with E-state index in [0.717, 1.165) is 64.3 Å². The smallest absolute Gasteiger partial charge is 0.162 e. The highest BCUT2D eigenvalue weighted by Crippen LogP contribution is 2.31. The van der Waals surface area contributed by atoms with Gasteiger partial charge in [-0.3, -0.25) is 0 Å². The van der Waals surface area contributed by atoms with Crippen molar-refractivity contribution in [2.75, 3.05) is 28.2 Å².